The maximum atomic E-state index is 11.9. The topological polar surface area (TPSA) is 63.6 Å². The number of nitrogens with zero attached hydrogens (tertiary/aromatic N) is 2. The van der Waals surface area contributed by atoms with Crippen molar-refractivity contribution in [3.05, 3.63) is 90.3 Å². The van der Waals surface area contributed by atoms with Crippen LogP contribution in [-0.4, -0.2) is 17.2 Å². The molecule has 0 aliphatic rings. The lowest BCUT2D eigenvalue weighted by Crippen LogP contribution is -2.08. The molecule has 3 rings (SSSR count). The molecule has 1 heterocycles. The van der Waals surface area contributed by atoms with Gasteiger partial charge in [-0.3, -0.25) is 10.4 Å². The van der Waals surface area contributed by atoms with Gasteiger partial charge in [0.05, 0.1) is 17.5 Å². The summed E-state index contributed by atoms with van der Waals surface area (Å²) in [6.45, 7) is 0. The number of nitrogens with one attached hydrogen (secondary N) is 1. The smallest absolute Gasteiger partial charge is 0.345 e. The van der Waals surface area contributed by atoms with Crippen LogP contribution in [0.4, 0.5) is 5.69 Å². The first-order valence-electron chi connectivity index (χ1n) is 7.38. The molecule has 0 spiro atoms. The molecule has 0 saturated carbocycles. The highest BCUT2D eigenvalue weighted by atomic mass is 16.5. The average Bonchev–Trinajstić information content (AvgIpc) is 2.65. The number of hydrogen-bond donors (Lipinski definition) is 1. The summed E-state index contributed by atoms with van der Waals surface area (Å²) >= 11 is 0. The molecule has 0 fully saturated rings. The van der Waals surface area contributed by atoms with E-state index in [-0.39, 0.29) is 0 Å². The monoisotopic (exact) mass is 317 g/mol. The number of para-hydroxylation sites is 1. The zero-order valence-electron chi connectivity index (χ0n) is 12.8. The second-order valence-electron chi connectivity index (χ2n) is 4.94. The summed E-state index contributed by atoms with van der Waals surface area (Å²) in [7, 11) is 0. The van der Waals surface area contributed by atoms with E-state index < -0.39 is 5.97 Å². The average molecular weight is 317 g/mol. The molecular weight excluding hydrogens is 302 g/mol. The molecule has 0 unspecified atom stereocenters. The largest absolute Gasteiger partial charge is 0.423 e. The number of pyridine rings is 1. The first-order valence-corrected chi connectivity index (χ1v) is 7.38. The number of aromatic nitrogens is 1. The van der Waals surface area contributed by atoms with Crippen LogP contribution in [0.1, 0.15) is 15.9 Å². The minimum absolute atomic E-state index is 0.412. The fourth-order valence-corrected chi connectivity index (χ4v) is 1.97. The molecule has 1 N–H and O–H groups in total. The van der Waals surface area contributed by atoms with Crippen LogP contribution in [-0.2, 0) is 0 Å². The maximum Gasteiger partial charge on any atom is 0.345 e. The van der Waals surface area contributed by atoms with E-state index in [1.54, 1.807) is 36.7 Å². The Morgan fingerprint density at radius 1 is 1.00 bits per heavy atom. The zero-order valence-corrected chi connectivity index (χ0v) is 12.8. The van der Waals surface area contributed by atoms with E-state index in [0.717, 1.165) is 11.3 Å². The Morgan fingerprint density at radius 3 is 2.50 bits per heavy atom. The number of anilines is 1. The summed E-state index contributed by atoms with van der Waals surface area (Å²) in [5.41, 5.74) is 5.15. The molecule has 5 nitrogen and oxygen atoms in total. The van der Waals surface area contributed by atoms with Crippen molar-refractivity contribution in [2.45, 2.75) is 0 Å². The molecule has 1 aromatic heterocycles. The molecule has 2 aromatic carbocycles. The first kappa shape index (κ1) is 15.4. The highest BCUT2D eigenvalue weighted by molar-refractivity contribution is 5.90. The number of ether oxygens (including phenoxy) is 1. The van der Waals surface area contributed by atoms with Crippen molar-refractivity contribution >= 4 is 17.9 Å². The summed E-state index contributed by atoms with van der Waals surface area (Å²) in [4.78, 5) is 15.8. The first-order chi connectivity index (χ1) is 11.8. The lowest BCUT2D eigenvalue weighted by atomic mass is 10.2. The van der Waals surface area contributed by atoms with Crippen LogP contribution in [0.3, 0.4) is 0 Å². The number of carbonyl (C=O) groups is 1. The van der Waals surface area contributed by atoms with Crippen molar-refractivity contribution in [3.8, 4) is 5.75 Å². The fourth-order valence-electron chi connectivity index (χ4n) is 1.97. The Morgan fingerprint density at radius 2 is 1.79 bits per heavy atom. The normalized spacial score (nSPS) is 10.5. The molecule has 0 bridgehead atoms. The van der Waals surface area contributed by atoms with Gasteiger partial charge in [-0.25, -0.2) is 4.79 Å². The minimum atomic E-state index is -0.435. The Labute approximate surface area is 139 Å². The maximum absolute atomic E-state index is 11.9. The van der Waals surface area contributed by atoms with E-state index in [1.165, 1.54) is 6.20 Å². The summed E-state index contributed by atoms with van der Waals surface area (Å²) in [6, 6.07) is 20.1. The summed E-state index contributed by atoms with van der Waals surface area (Å²) < 4.78 is 5.29. The van der Waals surface area contributed by atoms with Crippen LogP contribution >= 0.6 is 0 Å². The predicted molar refractivity (Wildman–Crippen MR) is 93.3 cm³/mol. The minimum Gasteiger partial charge on any atom is -0.423 e. The Bertz CT molecular complexity index is 816. The summed E-state index contributed by atoms with van der Waals surface area (Å²) in [6.07, 6.45) is 4.77. The van der Waals surface area contributed by atoms with Gasteiger partial charge in [0.25, 0.3) is 0 Å². The van der Waals surface area contributed by atoms with Gasteiger partial charge in [-0.05, 0) is 54.1 Å². The van der Waals surface area contributed by atoms with Crippen molar-refractivity contribution in [1.29, 1.82) is 0 Å². The van der Waals surface area contributed by atoms with Crippen molar-refractivity contribution in [3.63, 3.8) is 0 Å². The van der Waals surface area contributed by atoms with Gasteiger partial charge in [-0.1, -0.05) is 18.2 Å². The third kappa shape index (κ3) is 4.27. The molecule has 0 atom stereocenters. The Hall–Kier alpha value is -3.47. The van der Waals surface area contributed by atoms with Crippen molar-refractivity contribution in [1.82, 2.24) is 4.98 Å². The van der Waals surface area contributed by atoms with Crippen molar-refractivity contribution in [2.75, 3.05) is 5.43 Å². The number of benzene rings is 2. The number of esters is 1. The highest BCUT2D eigenvalue weighted by Gasteiger charge is 2.07. The van der Waals surface area contributed by atoms with Crippen molar-refractivity contribution in [2.24, 2.45) is 5.10 Å². The van der Waals surface area contributed by atoms with E-state index in [4.69, 9.17) is 4.74 Å². The van der Waals surface area contributed by atoms with Crippen LogP contribution < -0.4 is 10.2 Å². The second kappa shape index (κ2) is 7.69. The highest BCUT2D eigenvalue weighted by Crippen LogP contribution is 2.13. The van der Waals surface area contributed by atoms with Gasteiger partial charge in [0.15, 0.2) is 0 Å². The molecule has 0 aliphatic carbocycles. The van der Waals surface area contributed by atoms with Gasteiger partial charge in [0, 0.05) is 12.4 Å². The predicted octanol–water partition coefficient (Wildman–Crippen LogP) is 3.75. The van der Waals surface area contributed by atoms with Crippen LogP contribution in [0.25, 0.3) is 0 Å². The fraction of sp³-hybridized carbons (Fsp3) is 0. The van der Waals surface area contributed by atoms with Crippen LogP contribution in [0.5, 0.6) is 5.75 Å². The number of hydrogen-bond acceptors (Lipinski definition) is 5. The van der Waals surface area contributed by atoms with Gasteiger partial charge in [-0.15, -0.1) is 0 Å². The molecule has 0 amide bonds. The van der Waals surface area contributed by atoms with E-state index in [9.17, 15) is 4.79 Å². The summed E-state index contributed by atoms with van der Waals surface area (Å²) in [5.74, 6) is 0.0345. The quantitative estimate of drug-likeness (QED) is 0.337. The number of hydrazone groups is 1. The van der Waals surface area contributed by atoms with Gasteiger partial charge < -0.3 is 4.74 Å². The summed E-state index contributed by atoms with van der Waals surface area (Å²) in [5, 5.41) is 4.16. The molecule has 0 aliphatic heterocycles. The van der Waals surface area contributed by atoms with Gasteiger partial charge >= 0.3 is 5.97 Å². The lowest BCUT2D eigenvalue weighted by molar-refractivity contribution is 0.0734. The van der Waals surface area contributed by atoms with Crippen molar-refractivity contribution < 1.29 is 9.53 Å². The molecular formula is C19H15N3O2. The standard InChI is InChI=1S/C19H15N3O2/c23-19(16-5-4-12-20-14-16)24-18-10-8-15(9-11-18)13-21-22-17-6-2-1-3-7-17/h1-14,22H. The molecule has 0 radical (unpaired) electrons. The van der Waals surface area contributed by atoms with Gasteiger partial charge in [0.2, 0.25) is 0 Å². The van der Waals surface area contributed by atoms with Gasteiger partial charge in [-0.2, -0.15) is 5.10 Å². The second-order valence-corrected chi connectivity index (χ2v) is 4.94. The number of rotatable bonds is 5. The van der Waals surface area contributed by atoms with E-state index in [1.807, 2.05) is 42.5 Å². The molecule has 3 aromatic rings. The molecule has 118 valence electrons. The van der Waals surface area contributed by atoms with Crippen LogP contribution in [0.15, 0.2) is 84.2 Å². The van der Waals surface area contributed by atoms with E-state index in [2.05, 4.69) is 15.5 Å². The number of carbonyl (C=O) groups excluding carboxylic acids is 1. The van der Waals surface area contributed by atoms with E-state index >= 15 is 0 Å². The Balaban J connectivity index is 1.58. The third-order valence-corrected chi connectivity index (χ3v) is 3.17. The van der Waals surface area contributed by atoms with Gasteiger partial charge in [0.1, 0.15) is 5.75 Å². The molecule has 24 heavy (non-hydrogen) atoms. The van der Waals surface area contributed by atoms with E-state index in [0.29, 0.717) is 11.3 Å². The Kier molecular flexibility index (Phi) is 4.94. The lowest BCUT2D eigenvalue weighted by Gasteiger charge is -2.04. The van der Waals surface area contributed by atoms with Crippen LogP contribution in [0.2, 0.25) is 0 Å². The zero-order chi connectivity index (χ0) is 16.6. The SMILES string of the molecule is O=C(Oc1ccc(C=NNc2ccccc2)cc1)c1cccnc1. The molecule has 5 heteroatoms. The van der Waals surface area contributed by atoms with Crippen LogP contribution in [0, 0.1) is 0 Å². The molecule has 0 saturated heterocycles. The third-order valence-electron chi connectivity index (χ3n) is 3.17.